The molecule has 0 atom stereocenters. The number of carbonyl (C=O) groups excluding carboxylic acids is 2. The number of nitrogens with one attached hydrogen (secondary N) is 1. The Morgan fingerprint density at radius 1 is 0.920 bits per heavy atom. The highest BCUT2D eigenvalue weighted by atomic mass is 32.2. The number of rotatable bonds is 14. The summed E-state index contributed by atoms with van der Waals surface area (Å²) in [5.74, 6) is -1.74. The number of hydrogen-bond acceptors (Lipinski definition) is 10. The lowest BCUT2D eigenvalue weighted by atomic mass is 10.0. The quantitative estimate of drug-likeness (QED) is 0.0919. The number of anilines is 3. The van der Waals surface area contributed by atoms with E-state index in [2.05, 4.69) is 20.3 Å². The molecule has 0 fully saturated rings. The van der Waals surface area contributed by atoms with Crippen molar-refractivity contribution in [3.05, 3.63) is 90.5 Å². The van der Waals surface area contributed by atoms with Crippen LogP contribution < -0.4 is 29.6 Å². The molecule has 3 aromatic carbocycles. The molecule has 2 heterocycles. The lowest BCUT2D eigenvalue weighted by molar-refractivity contribution is -0.116. The zero-order valence-corrected chi connectivity index (χ0v) is 27.8. The van der Waals surface area contributed by atoms with E-state index in [-0.39, 0.29) is 29.6 Å². The summed E-state index contributed by atoms with van der Waals surface area (Å²) in [6, 6.07) is 14.0. The third-order valence-electron chi connectivity index (χ3n) is 7.47. The molecule has 13 nitrogen and oxygen atoms in total. The molecule has 0 spiro atoms. The lowest BCUT2D eigenvalue weighted by Crippen LogP contribution is -2.18. The van der Waals surface area contributed by atoms with E-state index in [4.69, 9.17) is 19.9 Å². The molecule has 50 heavy (non-hydrogen) atoms. The van der Waals surface area contributed by atoms with Crippen molar-refractivity contribution in [3.8, 4) is 28.5 Å². The Balaban J connectivity index is 1.32. The average Bonchev–Trinajstić information content (AvgIpc) is 3.08. The molecule has 5 rings (SSSR count). The van der Waals surface area contributed by atoms with Crippen molar-refractivity contribution in [2.75, 3.05) is 23.3 Å². The number of pyridine rings is 1. The van der Waals surface area contributed by atoms with Gasteiger partial charge in [0.05, 0.1) is 25.1 Å². The van der Waals surface area contributed by atoms with Crippen LogP contribution in [0.4, 0.5) is 30.6 Å². The zero-order valence-electron chi connectivity index (χ0n) is 26.9. The largest absolute Gasteiger partial charge is 0.491 e. The molecule has 2 amide bonds. The van der Waals surface area contributed by atoms with E-state index >= 15 is 0 Å². The van der Waals surface area contributed by atoms with Crippen LogP contribution in [0.3, 0.4) is 0 Å². The van der Waals surface area contributed by atoms with Crippen LogP contribution in [0.15, 0.2) is 73.2 Å². The van der Waals surface area contributed by atoms with E-state index in [1.165, 1.54) is 31.8 Å². The van der Waals surface area contributed by atoms with Gasteiger partial charge >= 0.3 is 6.09 Å². The number of nitrogens with zero attached hydrogens (tertiary/aromatic N) is 4. The van der Waals surface area contributed by atoms with Gasteiger partial charge in [-0.25, -0.2) is 41.3 Å². The Kier molecular flexibility index (Phi) is 11.3. The fourth-order valence-electron chi connectivity index (χ4n) is 5.13. The minimum absolute atomic E-state index is 0.0943. The van der Waals surface area contributed by atoms with Gasteiger partial charge in [-0.2, -0.15) is 0 Å². The highest BCUT2D eigenvalue weighted by Crippen LogP contribution is 2.39. The van der Waals surface area contributed by atoms with Gasteiger partial charge in [-0.15, -0.1) is 0 Å². The first kappa shape index (κ1) is 35.4. The Morgan fingerprint density at radius 3 is 2.46 bits per heavy atom. The van der Waals surface area contributed by atoms with E-state index < -0.39 is 34.3 Å². The first-order valence-corrected chi connectivity index (χ1v) is 16.4. The van der Waals surface area contributed by atoms with Crippen LogP contribution in [0.1, 0.15) is 31.4 Å². The number of ether oxygens (including phenoxy) is 3. The number of aryl methyl sites for hydroxylation is 1. The Hall–Kier alpha value is -5.90. The third kappa shape index (κ3) is 8.38. The number of aromatic nitrogens is 3. The number of fused-ring (bicyclic) bond motifs is 1. The number of carbonyl (C=O) groups is 2. The van der Waals surface area contributed by atoms with Crippen molar-refractivity contribution in [3.63, 3.8) is 0 Å². The molecule has 16 heteroatoms. The van der Waals surface area contributed by atoms with Crippen LogP contribution in [-0.2, 0) is 15.7 Å². The van der Waals surface area contributed by atoms with E-state index in [1.54, 1.807) is 37.3 Å². The first-order chi connectivity index (χ1) is 24.0. The van der Waals surface area contributed by atoms with Crippen LogP contribution in [-0.4, -0.2) is 49.1 Å². The predicted molar refractivity (Wildman–Crippen MR) is 182 cm³/mol. The molecule has 5 aromatic rings. The van der Waals surface area contributed by atoms with Gasteiger partial charge in [0.2, 0.25) is 22.7 Å². The van der Waals surface area contributed by atoms with Crippen LogP contribution in [0, 0.1) is 18.6 Å². The molecule has 0 bridgehead atoms. The number of nitrogens with two attached hydrogens (primary N) is 1. The van der Waals surface area contributed by atoms with Crippen molar-refractivity contribution in [2.24, 2.45) is 5.73 Å². The number of para-hydroxylation sites is 2. The summed E-state index contributed by atoms with van der Waals surface area (Å²) in [5.41, 5.74) is 7.14. The summed E-state index contributed by atoms with van der Waals surface area (Å²) in [6.45, 7) is 2.10. The van der Waals surface area contributed by atoms with Crippen molar-refractivity contribution in [2.45, 2.75) is 32.6 Å². The second-order valence-electron chi connectivity index (χ2n) is 10.9. The molecule has 0 aliphatic rings. The molecule has 2 aromatic heterocycles. The molecular formula is C34H32F2N6O7S. The monoisotopic (exact) mass is 706 g/mol. The average molecular weight is 707 g/mol. The normalized spacial score (nSPS) is 11.0. The molecule has 0 radical (unpaired) electrons. The Labute approximate surface area is 287 Å². The summed E-state index contributed by atoms with van der Waals surface area (Å²) in [4.78, 5) is 36.6. The van der Waals surface area contributed by atoms with Crippen LogP contribution in [0.5, 0.6) is 17.4 Å². The summed E-state index contributed by atoms with van der Waals surface area (Å²) in [7, 11) is -2.17. The highest BCUT2D eigenvalue weighted by molar-refractivity contribution is 7.74. The molecule has 260 valence electrons. The van der Waals surface area contributed by atoms with E-state index in [1.807, 2.05) is 0 Å². The van der Waals surface area contributed by atoms with Crippen LogP contribution in [0.25, 0.3) is 22.0 Å². The van der Waals surface area contributed by atoms with Crippen molar-refractivity contribution >= 4 is 50.9 Å². The van der Waals surface area contributed by atoms with Gasteiger partial charge < -0.3 is 25.3 Å². The molecule has 0 aliphatic carbocycles. The highest BCUT2D eigenvalue weighted by Gasteiger charge is 2.23. The van der Waals surface area contributed by atoms with E-state index in [9.17, 15) is 26.8 Å². The van der Waals surface area contributed by atoms with Gasteiger partial charge in [0.25, 0.3) is 0 Å². The molecule has 0 unspecified atom stereocenters. The fraction of sp³-hybridized carbons (Fsp3) is 0.206. The standard InChI is InChI=1S/C34H32F2N6O7S/c1-20-24-14-21(22-15-28(33(47-2)38-18-22)42(50(45)46)27-12-11-23(35)17-25(27)36)16-30(32(24)40-19-39-20)48-13-7-3-4-10-31(43)41-26-8-5-6-9-29(26)49-34(37)44/h5-6,8-9,11-12,14-19,50H,3-4,7,10,13H2,1-2H3,(H2,37,44)(H,41,43). The minimum Gasteiger partial charge on any atom is -0.491 e. The van der Waals surface area contributed by atoms with Crippen molar-refractivity contribution in [1.82, 2.24) is 15.0 Å². The van der Waals surface area contributed by atoms with Crippen LogP contribution in [0.2, 0.25) is 0 Å². The van der Waals surface area contributed by atoms with Crippen LogP contribution >= 0.6 is 0 Å². The molecule has 3 N–H and O–H groups in total. The van der Waals surface area contributed by atoms with Gasteiger partial charge in [-0.05, 0) is 74.2 Å². The number of primary amides is 1. The molecule has 0 saturated heterocycles. The summed E-state index contributed by atoms with van der Waals surface area (Å²) < 4.78 is 70.3. The van der Waals surface area contributed by atoms with Gasteiger partial charge in [0.15, 0.2) is 11.6 Å². The second-order valence-corrected chi connectivity index (χ2v) is 11.7. The summed E-state index contributed by atoms with van der Waals surface area (Å²) >= 11 is 0. The summed E-state index contributed by atoms with van der Waals surface area (Å²) in [6.07, 6.45) is 3.94. The number of unbranched alkanes of at least 4 members (excludes halogenated alkanes) is 2. The van der Waals surface area contributed by atoms with Gasteiger partial charge in [0, 0.05) is 35.3 Å². The molecular weight excluding hydrogens is 674 g/mol. The van der Waals surface area contributed by atoms with Gasteiger partial charge in [-0.1, -0.05) is 12.1 Å². The number of hydrogen-bond donors (Lipinski definition) is 3. The topological polar surface area (TPSA) is 176 Å². The van der Waals surface area contributed by atoms with Crippen molar-refractivity contribution in [1.29, 1.82) is 0 Å². The predicted octanol–water partition coefficient (Wildman–Crippen LogP) is 5.99. The number of halogens is 2. The smallest absolute Gasteiger partial charge is 0.410 e. The number of benzene rings is 3. The number of thiol groups is 1. The zero-order chi connectivity index (χ0) is 35.8. The minimum atomic E-state index is -3.46. The SMILES string of the molecule is COc1ncc(-c2cc(OCCCCCC(=O)Nc3ccccc3OC(N)=O)c3ncnc(C)c3c2)cc1N(c1ccc(F)cc1F)[SH](=O)=O. The molecule has 0 saturated carbocycles. The van der Waals surface area contributed by atoms with Crippen molar-refractivity contribution < 1.29 is 41.0 Å². The van der Waals surface area contributed by atoms with E-state index in [0.717, 1.165) is 12.1 Å². The van der Waals surface area contributed by atoms with E-state index in [0.29, 0.717) is 75.4 Å². The maximum atomic E-state index is 14.8. The summed E-state index contributed by atoms with van der Waals surface area (Å²) in [5, 5.41) is 3.39. The molecule has 0 aliphatic heterocycles. The maximum Gasteiger partial charge on any atom is 0.410 e. The number of amides is 2. The maximum absolute atomic E-state index is 14.8. The second kappa shape index (κ2) is 16.0. The van der Waals surface area contributed by atoms with Gasteiger partial charge in [0.1, 0.15) is 29.1 Å². The van der Waals surface area contributed by atoms with Gasteiger partial charge in [-0.3, -0.25) is 4.79 Å². The third-order valence-corrected chi connectivity index (χ3v) is 8.23. The Morgan fingerprint density at radius 2 is 1.72 bits per heavy atom. The number of methoxy groups -OCH3 is 1. The Bertz CT molecular complexity index is 2120. The fourth-order valence-corrected chi connectivity index (χ4v) is 5.79. The first-order valence-electron chi connectivity index (χ1n) is 15.2. The lowest BCUT2D eigenvalue weighted by Gasteiger charge is -2.21.